The smallest absolute Gasteiger partial charge is 0.256 e. The number of benzene rings is 1. The average Bonchev–Trinajstić information content (AvgIpc) is 3.62. The van der Waals surface area contributed by atoms with E-state index in [1.54, 1.807) is 27.1 Å². The van der Waals surface area contributed by atoms with Crippen molar-refractivity contribution < 1.29 is 14.7 Å². The van der Waals surface area contributed by atoms with Crippen molar-refractivity contribution in [2.45, 2.75) is 64.0 Å². The molecule has 4 heterocycles. The van der Waals surface area contributed by atoms with E-state index in [0.29, 0.717) is 18.6 Å². The number of aryl methyl sites for hydroxylation is 2. The Hall–Kier alpha value is -3.17. The highest BCUT2D eigenvalue weighted by molar-refractivity contribution is 7.13. The average molecular weight is 520 g/mol. The summed E-state index contributed by atoms with van der Waals surface area (Å²) in [6, 6.07) is 7.65. The number of likely N-dealkylation sites (tertiary alicyclic amines) is 1. The minimum Gasteiger partial charge on any atom is -0.391 e. The van der Waals surface area contributed by atoms with Gasteiger partial charge in [-0.05, 0) is 30.9 Å². The standard InChI is InChI=1S/C28H33N5O3S/c1-16(2)24(19-12-30-32(5)13-19)26(35)33-14-21(34)10-23(33)22-11-28(4,27(36)31-22)20-8-6-18(7-9-20)25-17(3)29-15-37-25/h6-9,12-13,15-16,21,23-24,34H,10-11,14H2,1-5H3/t21?,23?,24?,28-/m1/s1. The molecule has 5 rings (SSSR count). The molecular formula is C28H33N5O3S. The molecule has 2 aliphatic heterocycles. The summed E-state index contributed by atoms with van der Waals surface area (Å²) >= 11 is 1.60. The number of nitrogens with zero attached hydrogens (tertiary/aromatic N) is 5. The largest absolute Gasteiger partial charge is 0.391 e. The Morgan fingerprint density at radius 1 is 1.24 bits per heavy atom. The van der Waals surface area contributed by atoms with Crippen molar-refractivity contribution in [3.8, 4) is 10.4 Å². The van der Waals surface area contributed by atoms with Gasteiger partial charge in [-0.2, -0.15) is 5.10 Å². The Bertz CT molecular complexity index is 1360. The first-order chi connectivity index (χ1) is 17.6. The van der Waals surface area contributed by atoms with Crippen molar-refractivity contribution in [3.63, 3.8) is 0 Å². The number of β-amino-alcohol motifs (C(OH)–C–C–N with tert-alkyl or cyclic N) is 1. The summed E-state index contributed by atoms with van der Waals surface area (Å²) in [5, 5.41) is 14.8. The molecule has 8 nitrogen and oxygen atoms in total. The lowest BCUT2D eigenvalue weighted by atomic mass is 9.78. The van der Waals surface area contributed by atoms with Gasteiger partial charge in [-0.25, -0.2) is 9.98 Å². The van der Waals surface area contributed by atoms with Gasteiger partial charge in [0.25, 0.3) is 5.91 Å². The van der Waals surface area contributed by atoms with E-state index in [1.165, 1.54) is 0 Å². The molecule has 2 amide bonds. The van der Waals surface area contributed by atoms with Crippen molar-refractivity contribution >= 4 is 28.9 Å². The molecule has 1 N–H and O–H groups in total. The molecule has 2 aliphatic rings. The molecular weight excluding hydrogens is 486 g/mol. The fraction of sp³-hybridized carbons (Fsp3) is 0.464. The monoisotopic (exact) mass is 519 g/mol. The fourth-order valence-corrected chi connectivity index (χ4v) is 6.49. The van der Waals surface area contributed by atoms with Crippen LogP contribution in [0.3, 0.4) is 0 Å². The van der Waals surface area contributed by atoms with Crippen molar-refractivity contribution in [1.29, 1.82) is 0 Å². The predicted octanol–water partition coefficient (Wildman–Crippen LogP) is 3.88. The number of carbonyl (C=O) groups is 2. The van der Waals surface area contributed by atoms with Crippen LogP contribution in [0, 0.1) is 12.8 Å². The van der Waals surface area contributed by atoms with E-state index in [2.05, 4.69) is 15.1 Å². The topological polar surface area (TPSA) is 101 Å². The fourth-order valence-electron chi connectivity index (χ4n) is 5.68. The Morgan fingerprint density at radius 3 is 2.57 bits per heavy atom. The second-order valence-corrected chi connectivity index (χ2v) is 11.7. The van der Waals surface area contributed by atoms with Crippen LogP contribution in [0.15, 0.2) is 47.2 Å². The minimum atomic E-state index is -0.806. The maximum atomic E-state index is 13.8. The lowest BCUT2D eigenvalue weighted by Gasteiger charge is -2.31. The maximum Gasteiger partial charge on any atom is 0.256 e. The summed E-state index contributed by atoms with van der Waals surface area (Å²) in [6.07, 6.45) is 3.76. The summed E-state index contributed by atoms with van der Waals surface area (Å²) in [5.41, 5.74) is 5.52. The van der Waals surface area contributed by atoms with Gasteiger partial charge in [0.1, 0.15) is 0 Å². The van der Waals surface area contributed by atoms with Crippen LogP contribution >= 0.6 is 11.3 Å². The summed E-state index contributed by atoms with van der Waals surface area (Å²) in [5.74, 6) is -0.593. The molecule has 1 saturated heterocycles. The second-order valence-electron chi connectivity index (χ2n) is 10.8. The first-order valence-corrected chi connectivity index (χ1v) is 13.6. The van der Waals surface area contributed by atoms with Crippen LogP contribution in [0.5, 0.6) is 0 Å². The zero-order valence-electron chi connectivity index (χ0n) is 21.9. The van der Waals surface area contributed by atoms with E-state index >= 15 is 0 Å². The Labute approximate surface area is 221 Å². The van der Waals surface area contributed by atoms with Crippen LogP contribution in [0.25, 0.3) is 10.4 Å². The number of aromatic nitrogens is 3. The number of hydrogen-bond donors (Lipinski definition) is 1. The van der Waals surface area contributed by atoms with Crippen LogP contribution in [-0.2, 0) is 22.1 Å². The van der Waals surface area contributed by atoms with Gasteiger partial charge in [0.05, 0.1) is 45.8 Å². The number of carbonyl (C=O) groups excluding carboxylic acids is 2. The lowest BCUT2D eigenvalue weighted by Crippen LogP contribution is -2.44. The summed E-state index contributed by atoms with van der Waals surface area (Å²) in [4.78, 5) is 38.8. The number of thiazole rings is 1. The number of amides is 2. The molecule has 0 saturated carbocycles. The van der Waals surface area contributed by atoms with Crippen LogP contribution in [0.2, 0.25) is 0 Å². The molecule has 0 aliphatic carbocycles. The zero-order chi connectivity index (χ0) is 26.5. The third-order valence-electron chi connectivity index (χ3n) is 7.75. The van der Waals surface area contributed by atoms with Crippen molar-refractivity contribution in [3.05, 3.63) is 59.0 Å². The van der Waals surface area contributed by atoms with Crippen LogP contribution in [0.4, 0.5) is 0 Å². The van der Waals surface area contributed by atoms with Crippen molar-refractivity contribution in [2.75, 3.05) is 6.54 Å². The van der Waals surface area contributed by atoms with Gasteiger partial charge in [0.2, 0.25) is 5.91 Å². The van der Waals surface area contributed by atoms with E-state index in [0.717, 1.165) is 27.3 Å². The minimum absolute atomic E-state index is 0.0493. The molecule has 194 valence electrons. The van der Waals surface area contributed by atoms with Gasteiger partial charge in [0, 0.05) is 43.9 Å². The molecule has 3 aromatic rings. The number of rotatable bonds is 6. The Kier molecular flexibility index (Phi) is 6.62. The van der Waals surface area contributed by atoms with Crippen molar-refractivity contribution in [1.82, 2.24) is 19.7 Å². The number of aliphatic hydroxyl groups is 1. The lowest BCUT2D eigenvalue weighted by molar-refractivity contribution is -0.134. The van der Waals surface area contributed by atoms with E-state index in [4.69, 9.17) is 0 Å². The molecule has 1 aromatic carbocycles. The van der Waals surface area contributed by atoms with E-state index in [9.17, 15) is 14.7 Å². The summed E-state index contributed by atoms with van der Waals surface area (Å²) in [7, 11) is 1.83. The molecule has 3 unspecified atom stereocenters. The third kappa shape index (κ3) is 4.55. The normalized spacial score (nSPS) is 24.7. The SMILES string of the molecule is Cc1ncsc1-c1ccc([C@@]2(C)CC(C3CC(O)CN3C(=O)C(c3cnn(C)c3)C(C)C)=NC2=O)cc1. The van der Waals surface area contributed by atoms with Gasteiger partial charge in [-0.3, -0.25) is 14.3 Å². The quantitative estimate of drug-likeness (QED) is 0.533. The highest BCUT2D eigenvalue weighted by Crippen LogP contribution is 2.39. The highest BCUT2D eigenvalue weighted by Gasteiger charge is 2.48. The summed E-state index contributed by atoms with van der Waals surface area (Å²) in [6.45, 7) is 8.18. The van der Waals surface area contributed by atoms with Gasteiger partial charge < -0.3 is 10.0 Å². The Morgan fingerprint density at radius 2 is 1.97 bits per heavy atom. The second kappa shape index (κ2) is 9.61. The molecule has 37 heavy (non-hydrogen) atoms. The van der Waals surface area contributed by atoms with Crippen LogP contribution in [-0.4, -0.2) is 61.0 Å². The van der Waals surface area contributed by atoms with E-state index < -0.39 is 17.6 Å². The molecule has 0 bridgehead atoms. The molecule has 9 heteroatoms. The molecule has 4 atom stereocenters. The van der Waals surface area contributed by atoms with Gasteiger partial charge >= 0.3 is 0 Å². The maximum absolute atomic E-state index is 13.8. The van der Waals surface area contributed by atoms with Crippen LogP contribution < -0.4 is 0 Å². The Balaban J connectivity index is 1.39. The number of hydrogen-bond acceptors (Lipinski definition) is 6. The summed E-state index contributed by atoms with van der Waals surface area (Å²) < 4.78 is 1.70. The molecule has 0 spiro atoms. The van der Waals surface area contributed by atoms with Gasteiger partial charge in [0.15, 0.2) is 0 Å². The number of aliphatic imine (C=N–C) groups is 1. The number of aliphatic hydroxyl groups excluding tert-OH is 1. The van der Waals surface area contributed by atoms with E-state index in [-0.39, 0.29) is 30.2 Å². The molecule has 0 radical (unpaired) electrons. The first kappa shape index (κ1) is 25.5. The third-order valence-corrected chi connectivity index (χ3v) is 8.72. The molecule has 2 aromatic heterocycles. The highest BCUT2D eigenvalue weighted by atomic mass is 32.1. The first-order valence-electron chi connectivity index (χ1n) is 12.7. The van der Waals surface area contributed by atoms with Gasteiger partial charge in [-0.1, -0.05) is 38.1 Å². The van der Waals surface area contributed by atoms with Crippen LogP contribution in [0.1, 0.15) is 56.4 Å². The van der Waals surface area contributed by atoms with Crippen molar-refractivity contribution in [2.24, 2.45) is 18.0 Å². The predicted molar refractivity (Wildman–Crippen MR) is 144 cm³/mol. The zero-order valence-corrected chi connectivity index (χ0v) is 22.7. The van der Waals surface area contributed by atoms with Gasteiger partial charge in [-0.15, -0.1) is 11.3 Å². The molecule has 1 fully saturated rings. The van der Waals surface area contributed by atoms with E-state index in [1.807, 2.05) is 70.7 Å².